The summed E-state index contributed by atoms with van der Waals surface area (Å²) in [5, 5.41) is 4.81. The molecule has 0 heterocycles. The minimum Gasteiger partial charge on any atom is -0.492 e. The van der Waals surface area contributed by atoms with Crippen LogP contribution in [0.3, 0.4) is 0 Å². The summed E-state index contributed by atoms with van der Waals surface area (Å²) < 4.78 is 5.60. The predicted molar refractivity (Wildman–Crippen MR) is 86.1 cm³/mol. The fraction of sp³-hybridized carbons (Fsp3) is 0.250. The van der Waals surface area contributed by atoms with Crippen LogP contribution in [0, 0.1) is 0 Å². The molecular weight excluding hydrogens is 293 g/mol. The third kappa shape index (κ3) is 3.59. The van der Waals surface area contributed by atoms with E-state index in [0.717, 1.165) is 22.0 Å². The van der Waals surface area contributed by atoms with Gasteiger partial charge in [0.05, 0.1) is 18.3 Å². The lowest BCUT2D eigenvalue weighted by Crippen LogP contribution is -2.08. The Labute approximate surface area is 129 Å². The molecule has 0 aromatic heterocycles. The Morgan fingerprint density at radius 2 is 1.90 bits per heavy atom. The Bertz CT molecular complexity index is 586. The molecule has 2 aromatic carbocycles. The molecule has 1 atom stereocenters. The van der Waals surface area contributed by atoms with E-state index in [2.05, 4.69) is 12.2 Å². The second-order valence-corrected chi connectivity index (χ2v) is 5.30. The first-order chi connectivity index (χ1) is 9.61. The van der Waals surface area contributed by atoms with Gasteiger partial charge in [-0.25, -0.2) is 0 Å². The van der Waals surface area contributed by atoms with Crippen LogP contribution in [-0.4, -0.2) is 6.61 Å². The van der Waals surface area contributed by atoms with Crippen LogP contribution in [0.2, 0.25) is 10.0 Å². The van der Waals surface area contributed by atoms with Crippen molar-refractivity contribution in [1.29, 1.82) is 0 Å². The van der Waals surface area contributed by atoms with E-state index in [-0.39, 0.29) is 6.04 Å². The number of benzene rings is 2. The van der Waals surface area contributed by atoms with Gasteiger partial charge in [-0.3, -0.25) is 0 Å². The number of ether oxygens (including phenoxy) is 1. The highest BCUT2D eigenvalue weighted by Gasteiger charge is 2.12. The lowest BCUT2D eigenvalue weighted by Gasteiger charge is -2.19. The molecule has 0 spiro atoms. The summed E-state index contributed by atoms with van der Waals surface area (Å²) in [7, 11) is 0. The van der Waals surface area contributed by atoms with Crippen LogP contribution in [0.4, 0.5) is 5.69 Å². The summed E-state index contributed by atoms with van der Waals surface area (Å²) >= 11 is 12.3. The average Bonchev–Trinajstić information content (AvgIpc) is 2.42. The third-order valence-corrected chi connectivity index (χ3v) is 3.56. The molecule has 0 bridgehead atoms. The molecule has 0 radical (unpaired) electrons. The van der Waals surface area contributed by atoms with Crippen molar-refractivity contribution < 1.29 is 4.74 Å². The molecule has 20 heavy (non-hydrogen) atoms. The molecule has 2 nitrogen and oxygen atoms in total. The van der Waals surface area contributed by atoms with Crippen molar-refractivity contribution in [1.82, 2.24) is 0 Å². The van der Waals surface area contributed by atoms with Crippen molar-refractivity contribution in [2.24, 2.45) is 0 Å². The smallest absolute Gasteiger partial charge is 0.142 e. The number of hydrogen-bond donors (Lipinski definition) is 1. The molecule has 0 saturated heterocycles. The largest absolute Gasteiger partial charge is 0.492 e. The van der Waals surface area contributed by atoms with Crippen molar-refractivity contribution in [3.8, 4) is 5.75 Å². The Kier molecular flexibility index (Phi) is 5.16. The summed E-state index contributed by atoms with van der Waals surface area (Å²) in [6.45, 7) is 4.62. The monoisotopic (exact) mass is 309 g/mol. The fourth-order valence-corrected chi connectivity index (χ4v) is 2.51. The molecule has 0 aliphatic carbocycles. The molecule has 0 saturated carbocycles. The van der Waals surface area contributed by atoms with Crippen LogP contribution < -0.4 is 10.1 Å². The number of rotatable bonds is 5. The maximum absolute atomic E-state index is 6.22. The number of anilines is 1. The Balaban J connectivity index is 2.25. The topological polar surface area (TPSA) is 21.3 Å². The normalized spacial score (nSPS) is 12.0. The third-order valence-electron chi connectivity index (χ3n) is 2.99. The van der Waals surface area contributed by atoms with E-state index in [9.17, 15) is 0 Å². The minimum absolute atomic E-state index is 0.0568. The van der Waals surface area contributed by atoms with Crippen molar-refractivity contribution >= 4 is 28.9 Å². The quantitative estimate of drug-likeness (QED) is 0.780. The van der Waals surface area contributed by atoms with Crippen LogP contribution in [0.5, 0.6) is 5.75 Å². The van der Waals surface area contributed by atoms with Crippen LogP contribution in [-0.2, 0) is 0 Å². The molecule has 0 amide bonds. The van der Waals surface area contributed by atoms with Crippen molar-refractivity contribution in [3.63, 3.8) is 0 Å². The fourth-order valence-electron chi connectivity index (χ4n) is 2.03. The van der Waals surface area contributed by atoms with Crippen LogP contribution in [0.15, 0.2) is 42.5 Å². The zero-order valence-corrected chi connectivity index (χ0v) is 13.0. The van der Waals surface area contributed by atoms with Gasteiger partial charge >= 0.3 is 0 Å². The van der Waals surface area contributed by atoms with Gasteiger partial charge in [0, 0.05) is 10.0 Å². The zero-order chi connectivity index (χ0) is 14.5. The molecule has 106 valence electrons. The van der Waals surface area contributed by atoms with E-state index in [1.165, 1.54) is 0 Å². The molecule has 2 rings (SSSR count). The molecule has 1 unspecified atom stereocenters. The first kappa shape index (κ1) is 15.0. The van der Waals surface area contributed by atoms with Crippen LogP contribution in [0.25, 0.3) is 0 Å². The van der Waals surface area contributed by atoms with Crippen molar-refractivity contribution in [2.45, 2.75) is 19.9 Å². The van der Waals surface area contributed by atoms with E-state index < -0.39 is 0 Å². The van der Waals surface area contributed by atoms with Gasteiger partial charge in [-0.1, -0.05) is 41.4 Å². The molecule has 2 aromatic rings. The van der Waals surface area contributed by atoms with Gasteiger partial charge < -0.3 is 10.1 Å². The summed E-state index contributed by atoms with van der Waals surface area (Å²) in [6.07, 6.45) is 0. The molecule has 0 aliphatic rings. The van der Waals surface area contributed by atoms with Crippen LogP contribution >= 0.6 is 23.2 Å². The van der Waals surface area contributed by atoms with E-state index in [1.807, 2.05) is 49.4 Å². The SMILES string of the molecule is CCOc1ccc(Cl)cc1NC(C)c1ccccc1Cl. The van der Waals surface area contributed by atoms with Gasteiger partial charge in [-0.15, -0.1) is 0 Å². The van der Waals surface area contributed by atoms with Gasteiger partial charge in [0.1, 0.15) is 5.75 Å². The lowest BCUT2D eigenvalue weighted by molar-refractivity contribution is 0.341. The lowest BCUT2D eigenvalue weighted by atomic mass is 10.1. The Morgan fingerprint density at radius 3 is 2.60 bits per heavy atom. The van der Waals surface area contributed by atoms with Gasteiger partial charge in [0.15, 0.2) is 0 Å². The number of hydrogen-bond acceptors (Lipinski definition) is 2. The van der Waals surface area contributed by atoms with E-state index in [4.69, 9.17) is 27.9 Å². The molecule has 0 aliphatic heterocycles. The first-order valence-corrected chi connectivity index (χ1v) is 7.30. The van der Waals surface area contributed by atoms with E-state index in [1.54, 1.807) is 0 Å². The maximum Gasteiger partial charge on any atom is 0.142 e. The zero-order valence-electron chi connectivity index (χ0n) is 11.5. The first-order valence-electron chi connectivity index (χ1n) is 6.55. The second kappa shape index (κ2) is 6.87. The van der Waals surface area contributed by atoms with Gasteiger partial charge in [-0.2, -0.15) is 0 Å². The Hall–Kier alpha value is -1.38. The highest BCUT2D eigenvalue weighted by atomic mass is 35.5. The van der Waals surface area contributed by atoms with Crippen molar-refractivity contribution in [3.05, 3.63) is 58.1 Å². The summed E-state index contributed by atoms with van der Waals surface area (Å²) in [5.41, 5.74) is 1.91. The molecule has 1 N–H and O–H groups in total. The standard InChI is InChI=1S/C16H17Cl2NO/c1-3-20-16-9-8-12(17)10-15(16)19-11(2)13-6-4-5-7-14(13)18/h4-11,19H,3H2,1-2H3. The Morgan fingerprint density at radius 1 is 1.15 bits per heavy atom. The predicted octanol–water partition coefficient (Wildman–Crippen LogP) is 5.57. The van der Waals surface area contributed by atoms with Crippen LogP contribution in [0.1, 0.15) is 25.5 Å². The molecular formula is C16H17Cl2NO. The van der Waals surface area contributed by atoms with Gasteiger partial charge in [-0.05, 0) is 43.7 Å². The second-order valence-electron chi connectivity index (χ2n) is 4.46. The highest BCUT2D eigenvalue weighted by molar-refractivity contribution is 6.31. The average molecular weight is 310 g/mol. The van der Waals surface area contributed by atoms with E-state index in [0.29, 0.717) is 11.6 Å². The summed E-state index contributed by atoms with van der Waals surface area (Å²) in [6, 6.07) is 13.4. The number of halogens is 2. The van der Waals surface area contributed by atoms with Crippen molar-refractivity contribution in [2.75, 3.05) is 11.9 Å². The van der Waals surface area contributed by atoms with Gasteiger partial charge in [0.2, 0.25) is 0 Å². The van der Waals surface area contributed by atoms with Gasteiger partial charge in [0.25, 0.3) is 0 Å². The molecule has 4 heteroatoms. The maximum atomic E-state index is 6.22. The summed E-state index contributed by atoms with van der Waals surface area (Å²) in [5.74, 6) is 0.788. The number of nitrogens with one attached hydrogen (secondary N) is 1. The summed E-state index contributed by atoms with van der Waals surface area (Å²) in [4.78, 5) is 0. The highest BCUT2D eigenvalue weighted by Crippen LogP contribution is 2.32. The molecule has 0 fully saturated rings. The van der Waals surface area contributed by atoms with E-state index >= 15 is 0 Å². The minimum atomic E-state index is 0.0568.